The lowest BCUT2D eigenvalue weighted by Crippen LogP contribution is -2.49. The summed E-state index contributed by atoms with van der Waals surface area (Å²) in [7, 11) is -5.08. The molecule has 0 saturated carbocycles. The van der Waals surface area contributed by atoms with E-state index in [1.54, 1.807) is 0 Å². The van der Waals surface area contributed by atoms with Crippen LogP contribution in [0.5, 0.6) is 0 Å². The van der Waals surface area contributed by atoms with Crippen LogP contribution >= 0.6 is 0 Å². The number of rotatable bonds is 20. The Bertz CT molecular complexity index is 392. The topological polar surface area (TPSA) is 61.9 Å². The van der Waals surface area contributed by atoms with Crippen LogP contribution in [0.15, 0.2) is 0 Å². The van der Waals surface area contributed by atoms with E-state index in [4.69, 9.17) is 26.6 Å². The van der Waals surface area contributed by atoms with Crippen molar-refractivity contribution in [2.45, 2.75) is 72.9 Å². The van der Waals surface area contributed by atoms with Gasteiger partial charge >= 0.3 is 17.6 Å². The summed E-state index contributed by atoms with van der Waals surface area (Å²) in [5.41, 5.74) is 0. The highest BCUT2D eigenvalue weighted by molar-refractivity contribution is 6.61. The van der Waals surface area contributed by atoms with E-state index in [1.807, 2.05) is 41.5 Å². The molecule has 0 aliphatic carbocycles. The van der Waals surface area contributed by atoms with E-state index in [9.17, 15) is 0 Å². The number of nitrogens with zero attached hydrogens (tertiary/aromatic N) is 2. The Morgan fingerprint density at radius 2 is 0.844 bits per heavy atom. The second-order valence-corrected chi connectivity index (χ2v) is 13.4. The van der Waals surface area contributed by atoms with Crippen LogP contribution in [0, 0.1) is 0 Å². The molecule has 1 fully saturated rings. The summed E-state index contributed by atoms with van der Waals surface area (Å²) in [5.74, 6) is 0. The maximum atomic E-state index is 6.00. The normalized spacial score (nSPS) is 16.7. The average Bonchev–Trinajstić information content (AvgIpc) is 2.75. The van der Waals surface area contributed by atoms with Crippen LogP contribution in [0.3, 0.4) is 0 Å². The summed E-state index contributed by atoms with van der Waals surface area (Å²) < 4.78 is 36.0. The maximum absolute atomic E-state index is 6.00. The molecule has 0 spiro atoms. The monoisotopic (exact) mass is 494 g/mol. The Morgan fingerprint density at radius 1 is 0.531 bits per heavy atom. The van der Waals surface area contributed by atoms with Crippen molar-refractivity contribution in [2.24, 2.45) is 0 Å². The lowest BCUT2D eigenvalue weighted by Gasteiger charge is -2.37. The minimum atomic E-state index is -2.54. The molecule has 1 rings (SSSR count). The van der Waals surface area contributed by atoms with Crippen molar-refractivity contribution in [3.05, 3.63) is 0 Å². The van der Waals surface area contributed by atoms with Crippen molar-refractivity contribution in [3.63, 3.8) is 0 Å². The van der Waals surface area contributed by atoms with Gasteiger partial charge in [-0.2, -0.15) is 0 Å². The Labute approximate surface area is 199 Å². The molecule has 0 aromatic heterocycles. The fourth-order valence-corrected chi connectivity index (χ4v) is 9.54. The summed E-state index contributed by atoms with van der Waals surface area (Å²) in [6, 6.07) is 1.76. The van der Waals surface area contributed by atoms with Gasteiger partial charge in [0.25, 0.3) is 0 Å². The van der Waals surface area contributed by atoms with Gasteiger partial charge in [0.15, 0.2) is 0 Å². The van der Waals surface area contributed by atoms with Gasteiger partial charge in [-0.1, -0.05) is 0 Å². The first-order chi connectivity index (χ1) is 15.5. The van der Waals surface area contributed by atoms with Crippen LogP contribution in [-0.2, 0) is 26.6 Å². The Kier molecular flexibility index (Phi) is 16.5. The van der Waals surface area contributed by atoms with Gasteiger partial charge in [-0.15, -0.1) is 0 Å². The smallest absolute Gasteiger partial charge is 0.374 e. The largest absolute Gasteiger partial charge is 0.500 e. The van der Waals surface area contributed by atoms with Gasteiger partial charge in [-0.25, -0.2) is 0 Å². The quantitative estimate of drug-likeness (QED) is 0.237. The second-order valence-electron chi connectivity index (χ2n) is 7.90. The molecule has 0 aromatic carbocycles. The van der Waals surface area contributed by atoms with Gasteiger partial charge in [0, 0.05) is 64.8 Å². The molecule has 32 heavy (non-hydrogen) atoms. The molecule has 0 atom stereocenters. The second kappa shape index (κ2) is 17.5. The fraction of sp³-hybridized carbons (Fsp3) is 1.00. The van der Waals surface area contributed by atoms with Gasteiger partial charge in [-0.05, 0) is 73.9 Å². The van der Waals surface area contributed by atoms with Crippen molar-refractivity contribution in [3.8, 4) is 0 Å². The zero-order chi connectivity index (χ0) is 23.7. The first kappa shape index (κ1) is 30.1. The fourth-order valence-electron chi connectivity index (χ4n) is 4.35. The Morgan fingerprint density at radius 3 is 1.12 bits per heavy atom. The molecular formula is C22H50N2O6Si2. The van der Waals surface area contributed by atoms with E-state index in [-0.39, 0.29) is 0 Å². The molecule has 0 radical (unpaired) electrons. The summed E-state index contributed by atoms with van der Waals surface area (Å²) in [5, 5.41) is 0. The molecule has 8 nitrogen and oxygen atoms in total. The van der Waals surface area contributed by atoms with Crippen LogP contribution in [0.4, 0.5) is 0 Å². The minimum absolute atomic E-state index is 0.639. The molecule has 1 saturated heterocycles. The first-order valence-corrected chi connectivity index (χ1v) is 16.7. The van der Waals surface area contributed by atoms with Crippen molar-refractivity contribution in [1.29, 1.82) is 0 Å². The molecular weight excluding hydrogens is 444 g/mol. The van der Waals surface area contributed by atoms with Gasteiger partial charge < -0.3 is 26.6 Å². The summed E-state index contributed by atoms with van der Waals surface area (Å²) in [6.07, 6.45) is 3.28. The third kappa shape index (κ3) is 11.0. The minimum Gasteiger partial charge on any atom is -0.374 e. The third-order valence-corrected chi connectivity index (χ3v) is 11.8. The highest BCUT2D eigenvalue weighted by Crippen LogP contribution is 2.21. The molecule has 0 N–H and O–H groups in total. The highest BCUT2D eigenvalue weighted by atomic mass is 28.4. The van der Waals surface area contributed by atoms with E-state index in [0.717, 1.165) is 57.8 Å². The van der Waals surface area contributed by atoms with Crippen LogP contribution in [0.1, 0.15) is 60.8 Å². The maximum Gasteiger partial charge on any atom is 0.500 e. The molecule has 0 bridgehead atoms. The van der Waals surface area contributed by atoms with Crippen molar-refractivity contribution < 1.29 is 26.6 Å². The van der Waals surface area contributed by atoms with Crippen molar-refractivity contribution >= 4 is 17.6 Å². The van der Waals surface area contributed by atoms with Crippen LogP contribution < -0.4 is 0 Å². The zero-order valence-corrected chi connectivity index (χ0v) is 23.7. The molecule has 0 amide bonds. The predicted molar refractivity (Wildman–Crippen MR) is 133 cm³/mol. The van der Waals surface area contributed by atoms with Crippen molar-refractivity contribution in [1.82, 2.24) is 9.80 Å². The number of hydrogen-bond acceptors (Lipinski definition) is 8. The molecule has 10 heteroatoms. The lowest BCUT2D eigenvalue weighted by molar-refractivity contribution is 0.0608. The van der Waals surface area contributed by atoms with Crippen LogP contribution in [0.25, 0.3) is 0 Å². The molecule has 1 aliphatic rings. The summed E-state index contributed by atoms with van der Waals surface area (Å²) in [6.45, 7) is 21.3. The van der Waals surface area contributed by atoms with Gasteiger partial charge in [0.05, 0.1) is 6.67 Å². The van der Waals surface area contributed by atoms with Crippen LogP contribution in [0.2, 0.25) is 12.1 Å². The standard InChI is InChI=1S/C22H50N2O6Si2/c1-7-25-31(26-8-2,27-9-3)20-14-18-23-16-13-17-24(22-23)19-15-21-32(28-10-4,29-11-5)30-12-6/h7-22H2,1-6H3. The first-order valence-electron chi connectivity index (χ1n) is 12.8. The highest BCUT2D eigenvalue weighted by Gasteiger charge is 2.41. The SMILES string of the molecule is CCO[Si](CCCN1CCCN(CCC[Si](OCC)(OCC)OCC)C1)(OCC)OCC. The van der Waals surface area contributed by atoms with Gasteiger partial charge in [0.2, 0.25) is 0 Å². The Hall–Kier alpha value is 0.114. The zero-order valence-electron chi connectivity index (χ0n) is 21.7. The molecule has 1 heterocycles. The summed E-state index contributed by atoms with van der Waals surface area (Å²) >= 11 is 0. The lowest BCUT2D eigenvalue weighted by atomic mass is 10.2. The number of hydrogen-bond donors (Lipinski definition) is 0. The van der Waals surface area contributed by atoms with E-state index in [0.29, 0.717) is 39.6 Å². The third-order valence-electron chi connectivity index (χ3n) is 5.45. The Balaban J connectivity index is 2.48. The molecule has 0 aromatic rings. The molecule has 192 valence electrons. The van der Waals surface area contributed by atoms with Gasteiger partial charge in [-0.3, -0.25) is 9.80 Å². The van der Waals surface area contributed by atoms with E-state index < -0.39 is 17.6 Å². The van der Waals surface area contributed by atoms with Crippen molar-refractivity contribution in [2.75, 3.05) is 72.5 Å². The van der Waals surface area contributed by atoms with E-state index in [2.05, 4.69) is 9.80 Å². The average molecular weight is 495 g/mol. The molecule has 1 aliphatic heterocycles. The van der Waals surface area contributed by atoms with E-state index >= 15 is 0 Å². The van der Waals surface area contributed by atoms with Gasteiger partial charge in [0.1, 0.15) is 0 Å². The predicted octanol–water partition coefficient (Wildman–Crippen LogP) is 3.83. The van der Waals surface area contributed by atoms with Crippen LogP contribution in [-0.4, -0.2) is 99.9 Å². The van der Waals surface area contributed by atoms with E-state index in [1.165, 1.54) is 6.42 Å². The summed E-state index contributed by atoms with van der Waals surface area (Å²) in [4.78, 5) is 5.09. The molecule has 0 unspecified atom stereocenters.